The van der Waals surface area contributed by atoms with Gasteiger partial charge in [0.15, 0.2) is 0 Å². The Labute approximate surface area is 178 Å². The molecular formula is C25H16N4O2. The molecule has 148 valence electrons. The first-order valence-corrected chi connectivity index (χ1v) is 9.64. The average Bonchev–Trinajstić information content (AvgIpc) is 3.48. The maximum absolute atomic E-state index is 12.3. The number of anilines is 1. The number of furan rings is 1. The highest BCUT2D eigenvalue weighted by atomic mass is 16.3. The zero-order valence-electron chi connectivity index (χ0n) is 16.3. The van der Waals surface area contributed by atoms with Gasteiger partial charge < -0.3 is 14.3 Å². The Morgan fingerprint density at radius 3 is 2.61 bits per heavy atom. The molecule has 0 atom stereocenters. The number of nitriles is 1. The van der Waals surface area contributed by atoms with Gasteiger partial charge in [-0.15, -0.1) is 0 Å². The second-order valence-electron chi connectivity index (χ2n) is 6.97. The molecule has 0 aliphatic carbocycles. The summed E-state index contributed by atoms with van der Waals surface area (Å²) in [6.45, 7) is 0. The summed E-state index contributed by atoms with van der Waals surface area (Å²) in [6, 6.07) is 24.6. The summed E-state index contributed by atoms with van der Waals surface area (Å²) in [5.41, 5.74) is 4.37. The molecule has 6 heteroatoms. The SMILES string of the molecule is N#Cc1cc2cc(-c3ccco3)ccc2n1-c1ccc(NC(=O)c2cccnc2)cc1. The van der Waals surface area contributed by atoms with E-state index in [9.17, 15) is 10.1 Å². The van der Waals surface area contributed by atoms with Gasteiger partial charge in [-0.25, -0.2) is 0 Å². The quantitative estimate of drug-likeness (QED) is 0.434. The summed E-state index contributed by atoms with van der Waals surface area (Å²) in [5.74, 6) is 0.553. The van der Waals surface area contributed by atoms with Crippen molar-refractivity contribution >= 4 is 22.5 Å². The third-order valence-electron chi connectivity index (χ3n) is 5.03. The van der Waals surface area contributed by atoms with Crippen molar-refractivity contribution in [2.24, 2.45) is 0 Å². The van der Waals surface area contributed by atoms with Gasteiger partial charge in [-0.2, -0.15) is 5.26 Å². The topological polar surface area (TPSA) is 83.9 Å². The number of nitrogens with one attached hydrogen (secondary N) is 1. The number of fused-ring (bicyclic) bond motifs is 1. The largest absolute Gasteiger partial charge is 0.464 e. The first-order valence-electron chi connectivity index (χ1n) is 9.64. The summed E-state index contributed by atoms with van der Waals surface area (Å²) in [4.78, 5) is 16.3. The van der Waals surface area contributed by atoms with Gasteiger partial charge in [0.05, 0.1) is 17.3 Å². The lowest BCUT2D eigenvalue weighted by atomic mass is 10.1. The molecule has 1 amide bonds. The van der Waals surface area contributed by atoms with Crippen LogP contribution in [0, 0.1) is 11.3 Å². The first-order chi connectivity index (χ1) is 15.2. The number of nitrogens with zero attached hydrogens (tertiary/aromatic N) is 3. The zero-order chi connectivity index (χ0) is 21.2. The van der Waals surface area contributed by atoms with Crippen LogP contribution in [0.25, 0.3) is 27.9 Å². The van der Waals surface area contributed by atoms with Gasteiger partial charge in [0.2, 0.25) is 0 Å². The predicted molar refractivity (Wildman–Crippen MR) is 118 cm³/mol. The second-order valence-corrected chi connectivity index (χ2v) is 6.97. The van der Waals surface area contributed by atoms with E-state index in [2.05, 4.69) is 16.4 Å². The third kappa shape index (κ3) is 3.45. The maximum atomic E-state index is 12.3. The van der Waals surface area contributed by atoms with Crippen LogP contribution >= 0.6 is 0 Å². The van der Waals surface area contributed by atoms with Crippen molar-refractivity contribution in [3.8, 4) is 23.1 Å². The molecule has 0 saturated heterocycles. The van der Waals surface area contributed by atoms with Gasteiger partial charge in [0.1, 0.15) is 17.5 Å². The van der Waals surface area contributed by atoms with Crippen LogP contribution in [-0.2, 0) is 0 Å². The summed E-state index contributed by atoms with van der Waals surface area (Å²) < 4.78 is 7.38. The molecular weight excluding hydrogens is 388 g/mol. The number of aromatic nitrogens is 2. The van der Waals surface area contributed by atoms with Crippen LogP contribution in [0.3, 0.4) is 0 Å². The molecule has 2 aromatic carbocycles. The number of hydrogen-bond donors (Lipinski definition) is 1. The third-order valence-corrected chi connectivity index (χ3v) is 5.03. The first kappa shape index (κ1) is 18.4. The van der Waals surface area contributed by atoms with Gasteiger partial charge in [-0.3, -0.25) is 9.78 Å². The lowest BCUT2D eigenvalue weighted by Crippen LogP contribution is -2.12. The van der Waals surface area contributed by atoms with Crippen molar-refractivity contribution in [3.63, 3.8) is 0 Å². The number of rotatable bonds is 4. The number of hydrogen-bond acceptors (Lipinski definition) is 4. The minimum atomic E-state index is -0.226. The summed E-state index contributed by atoms with van der Waals surface area (Å²) in [7, 11) is 0. The van der Waals surface area contributed by atoms with Crippen LogP contribution in [0.1, 0.15) is 16.1 Å². The monoisotopic (exact) mass is 404 g/mol. The predicted octanol–water partition coefficient (Wildman–Crippen LogP) is 5.41. The van der Waals surface area contributed by atoms with Crippen LogP contribution in [0.15, 0.2) is 95.9 Å². The molecule has 0 aliphatic rings. The molecule has 0 unspecified atom stereocenters. The number of carbonyl (C=O) groups is 1. The van der Waals surface area contributed by atoms with Crippen molar-refractivity contribution in [2.45, 2.75) is 0 Å². The average molecular weight is 404 g/mol. The fourth-order valence-corrected chi connectivity index (χ4v) is 3.57. The van der Waals surface area contributed by atoms with E-state index in [1.807, 2.05) is 65.2 Å². The second kappa shape index (κ2) is 7.65. The van der Waals surface area contributed by atoms with E-state index in [1.165, 1.54) is 6.20 Å². The Hall–Kier alpha value is -4.63. The number of amides is 1. The van der Waals surface area contributed by atoms with Crippen LogP contribution in [-0.4, -0.2) is 15.5 Å². The number of carbonyl (C=O) groups excluding carboxylic acids is 1. The van der Waals surface area contributed by atoms with Gasteiger partial charge in [-0.1, -0.05) is 0 Å². The smallest absolute Gasteiger partial charge is 0.257 e. The fourth-order valence-electron chi connectivity index (χ4n) is 3.57. The van der Waals surface area contributed by atoms with E-state index in [4.69, 9.17) is 4.42 Å². The Kier molecular flexibility index (Phi) is 4.54. The Balaban J connectivity index is 1.47. The molecule has 5 aromatic rings. The minimum absolute atomic E-state index is 0.226. The molecule has 5 rings (SSSR count). The molecule has 0 saturated carbocycles. The normalized spacial score (nSPS) is 10.7. The number of benzene rings is 2. The van der Waals surface area contributed by atoms with Crippen molar-refractivity contribution in [1.29, 1.82) is 5.26 Å². The van der Waals surface area contributed by atoms with E-state index in [-0.39, 0.29) is 5.91 Å². The molecule has 6 nitrogen and oxygen atoms in total. The lowest BCUT2D eigenvalue weighted by Gasteiger charge is -2.10. The Morgan fingerprint density at radius 2 is 1.90 bits per heavy atom. The van der Waals surface area contributed by atoms with Crippen LogP contribution < -0.4 is 5.32 Å². The summed E-state index contributed by atoms with van der Waals surface area (Å²) >= 11 is 0. The van der Waals surface area contributed by atoms with Crippen LogP contribution in [0.5, 0.6) is 0 Å². The molecule has 0 bridgehead atoms. The van der Waals surface area contributed by atoms with Crippen molar-refractivity contribution in [2.75, 3.05) is 5.32 Å². The maximum Gasteiger partial charge on any atom is 0.257 e. The Morgan fingerprint density at radius 1 is 1.03 bits per heavy atom. The van der Waals surface area contributed by atoms with E-state index in [0.717, 1.165) is 27.9 Å². The van der Waals surface area contributed by atoms with E-state index < -0.39 is 0 Å². The fraction of sp³-hybridized carbons (Fsp3) is 0. The molecule has 0 aliphatic heterocycles. The standard InChI is InChI=1S/C25H16N4O2/c26-15-22-14-19-13-17(24-4-2-12-31-24)5-10-23(19)29(22)21-8-6-20(7-9-21)28-25(30)18-3-1-11-27-16-18/h1-14,16H,(H,28,30). The Bertz CT molecular complexity index is 1410. The van der Waals surface area contributed by atoms with Crippen molar-refractivity contribution in [3.05, 3.63) is 103 Å². The van der Waals surface area contributed by atoms with Crippen molar-refractivity contribution in [1.82, 2.24) is 9.55 Å². The molecule has 3 aromatic heterocycles. The number of pyridine rings is 1. The van der Waals surface area contributed by atoms with Gasteiger partial charge in [0, 0.05) is 34.7 Å². The zero-order valence-corrected chi connectivity index (χ0v) is 16.3. The van der Waals surface area contributed by atoms with Gasteiger partial charge >= 0.3 is 0 Å². The van der Waals surface area contributed by atoms with Crippen molar-refractivity contribution < 1.29 is 9.21 Å². The van der Waals surface area contributed by atoms with Gasteiger partial charge in [-0.05, 0) is 72.8 Å². The molecule has 0 spiro atoms. The van der Waals surface area contributed by atoms with E-state index >= 15 is 0 Å². The summed E-state index contributed by atoms with van der Waals surface area (Å²) in [5, 5.41) is 13.5. The van der Waals surface area contributed by atoms with Gasteiger partial charge in [0.25, 0.3) is 5.91 Å². The molecule has 0 radical (unpaired) electrons. The molecule has 31 heavy (non-hydrogen) atoms. The molecule has 1 N–H and O–H groups in total. The minimum Gasteiger partial charge on any atom is -0.464 e. The van der Waals surface area contributed by atoms with E-state index in [0.29, 0.717) is 16.9 Å². The highest BCUT2D eigenvalue weighted by Gasteiger charge is 2.13. The molecule has 0 fully saturated rings. The highest BCUT2D eigenvalue weighted by molar-refractivity contribution is 6.04. The van der Waals surface area contributed by atoms with Crippen LogP contribution in [0.2, 0.25) is 0 Å². The molecule has 3 heterocycles. The lowest BCUT2D eigenvalue weighted by molar-refractivity contribution is 0.102. The van der Waals surface area contributed by atoms with Crippen LogP contribution in [0.4, 0.5) is 5.69 Å². The highest BCUT2D eigenvalue weighted by Crippen LogP contribution is 2.29. The van der Waals surface area contributed by atoms with E-state index in [1.54, 1.807) is 24.6 Å². The summed E-state index contributed by atoms with van der Waals surface area (Å²) in [6.07, 6.45) is 4.78.